The van der Waals surface area contributed by atoms with Gasteiger partial charge in [-0.3, -0.25) is 0 Å². The molecule has 1 aliphatic carbocycles. The summed E-state index contributed by atoms with van der Waals surface area (Å²) in [6.07, 6.45) is 4.30. The minimum absolute atomic E-state index is 0.849. The lowest BCUT2D eigenvalue weighted by molar-refractivity contribution is 0.501. The summed E-state index contributed by atoms with van der Waals surface area (Å²) < 4.78 is 6.27. The molecule has 1 aromatic rings. The predicted molar refractivity (Wildman–Crippen MR) is 48.4 cm³/mol. The van der Waals surface area contributed by atoms with Gasteiger partial charge in [0, 0.05) is 12.0 Å². The minimum Gasteiger partial charge on any atom is -0.453 e. The molecule has 58 valence electrons. The van der Waals surface area contributed by atoms with Crippen LogP contribution in [0.1, 0.15) is 24.7 Å². The van der Waals surface area contributed by atoms with Crippen molar-refractivity contribution >= 4 is 21.5 Å². The van der Waals surface area contributed by atoms with Gasteiger partial charge in [0.2, 0.25) is 0 Å². The van der Waals surface area contributed by atoms with Crippen LogP contribution >= 0.6 is 15.9 Å². The quantitative estimate of drug-likeness (QED) is 0.696. The summed E-state index contributed by atoms with van der Waals surface area (Å²) in [4.78, 5) is 0. The number of furan rings is 1. The summed E-state index contributed by atoms with van der Waals surface area (Å²) >= 11 is 3.32. The summed E-state index contributed by atoms with van der Waals surface area (Å²) in [5.41, 5.74) is 2.70. The molecule has 0 bridgehead atoms. The largest absolute Gasteiger partial charge is 0.453 e. The van der Waals surface area contributed by atoms with Crippen LogP contribution in [0, 0.1) is 0 Å². The van der Waals surface area contributed by atoms with Crippen LogP contribution in [0.25, 0.3) is 5.57 Å². The van der Waals surface area contributed by atoms with Crippen molar-refractivity contribution in [1.82, 2.24) is 0 Å². The van der Waals surface area contributed by atoms with Crippen molar-refractivity contribution in [2.24, 2.45) is 0 Å². The van der Waals surface area contributed by atoms with Gasteiger partial charge in [0.1, 0.15) is 5.76 Å². The molecule has 0 saturated heterocycles. The molecule has 2 heteroatoms. The second-order valence-corrected chi connectivity index (χ2v) is 3.46. The van der Waals surface area contributed by atoms with E-state index in [0.29, 0.717) is 0 Å². The Hall–Kier alpha value is -0.500. The van der Waals surface area contributed by atoms with Gasteiger partial charge in [-0.05, 0) is 34.0 Å². The van der Waals surface area contributed by atoms with E-state index in [-0.39, 0.29) is 0 Å². The van der Waals surface area contributed by atoms with Crippen LogP contribution in [0.5, 0.6) is 0 Å². The van der Waals surface area contributed by atoms with Gasteiger partial charge in [0.15, 0.2) is 4.67 Å². The van der Waals surface area contributed by atoms with E-state index in [0.717, 1.165) is 23.3 Å². The Bertz CT molecular complexity index is 309. The number of halogens is 1. The highest BCUT2D eigenvalue weighted by Crippen LogP contribution is 2.33. The lowest BCUT2D eigenvalue weighted by atomic mass is 10.1. The predicted octanol–water partition coefficient (Wildman–Crippen LogP) is 3.39. The van der Waals surface area contributed by atoms with Gasteiger partial charge in [0.25, 0.3) is 0 Å². The number of allylic oxidation sites excluding steroid dienone is 2. The highest BCUT2D eigenvalue weighted by molar-refractivity contribution is 9.10. The third-order valence-electron chi connectivity index (χ3n) is 2.04. The summed E-state index contributed by atoms with van der Waals surface area (Å²) in [7, 11) is 0. The zero-order valence-electron chi connectivity index (χ0n) is 6.36. The SMILES string of the molecule is CCC1=CCc2oc(Br)cc21. The van der Waals surface area contributed by atoms with Gasteiger partial charge in [-0.2, -0.15) is 0 Å². The van der Waals surface area contributed by atoms with Crippen LogP contribution in [-0.4, -0.2) is 0 Å². The maximum atomic E-state index is 5.42. The Morgan fingerprint density at radius 1 is 1.64 bits per heavy atom. The molecule has 0 unspecified atom stereocenters. The first kappa shape index (κ1) is 7.17. The van der Waals surface area contributed by atoms with E-state index >= 15 is 0 Å². The topological polar surface area (TPSA) is 13.1 Å². The molecule has 0 fully saturated rings. The summed E-state index contributed by atoms with van der Waals surface area (Å²) in [6, 6.07) is 2.05. The van der Waals surface area contributed by atoms with Crippen molar-refractivity contribution < 1.29 is 4.42 Å². The summed E-state index contributed by atoms with van der Waals surface area (Å²) in [6.45, 7) is 2.17. The van der Waals surface area contributed by atoms with Crippen molar-refractivity contribution in [3.05, 3.63) is 28.1 Å². The van der Waals surface area contributed by atoms with Crippen LogP contribution in [-0.2, 0) is 6.42 Å². The van der Waals surface area contributed by atoms with Gasteiger partial charge in [-0.15, -0.1) is 0 Å². The smallest absolute Gasteiger partial charge is 0.170 e. The lowest BCUT2D eigenvalue weighted by Crippen LogP contribution is -1.74. The Morgan fingerprint density at radius 3 is 3.18 bits per heavy atom. The second-order valence-electron chi connectivity index (χ2n) is 2.67. The third kappa shape index (κ3) is 1.06. The van der Waals surface area contributed by atoms with Crippen LogP contribution in [0.2, 0.25) is 0 Å². The van der Waals surface area contributed by atoms with Crippen molar-refractivity contribution in [1.29, 1.82) is 0 Å². The van der Waals surface area contributed by atoms with Crippen molar-refractivity contribution in [3.63, 3.8) is 0 Å². The van der Waals surface area contributed by atoms with Crippen molar-refractivity contribution in [3.8, 4) is 0 Å². The van der Waals surface area contributed by atoms with E-state index in [1.165, 1.54) is 11.1 Å². The number of hydrogen-bond acceptors (Lipinski definition) is 1. The number of fused-ring (bicyclic) bond motifs is 1. The maximum Gasteiger partial charge on any atom is 0.170 e. The maximum absolute atomic E-state index is 5.42. The van der Waals surface area contributed by atoms with Crippen molar-refractivity contribution in [2.75, 3.05) is 0 Å². The molecule has 0 saturated carbocycles. The van der Waals surface area contributed by atoms with Gasteiger partial charge in [0.05, 0.1) is 0 Å². The lowest BCUT2D eigenvalue weighted by Gasteiger charge is -1.92. The monoisotopic (exact) mass is 212 g/mol. The molecule has 2 rings (SSSR count). The van der Waals surface area contributed by atoms with Crippen molar-refractivity contribution in [2.45, 2.75) is 19.8 Å². The average Bonchev–Trinajstić information content (AvgIpc) is 2.45. The molecule has 0 aliphatic heterocycles. The van der Waals surface area contributed by atoms with Crippen LogP contribution < -0.4 is 0 Å². The Morgan fingerprint density at radius 2 is 2.45 bits per heavy atom. The van der Waals surface area contributed by atoms with Gasteiger partial charge in [-0.25, -0.2) is 0 Å². The van der Waals surface area contributed by atoms with Crippen LogP contribution in [0.15, 0.2) is 21.2 Å². The molecule has 1 heterocycles. The first-order valence-corrected chi connectivity index (χ1v) is 4.58. The van der Waals surface area contributed by atoms with E-state index in [4.69, 9.17) is 4.42 Å². The molecule has 0 aromatic carbocycles. The normalized spacial score (nSPS) is 14.9. The zero-order valence-corrected chi connectivity index (χ0v) is 7.94. The third-order valence-corrected chi connectivity index (χ3v) is 2.43. The first-order chi connectivity index (χ1) is 5.31. The molecule has 0 spiro atoms. The van der Waals surface area contributed by atoms with Gasteiger partial charge >= 0.3 is 0 Å². The van der Waals surface area contributed by atoms with E-state index in [1.807, 2.05) is 0 Å². The average molecular weight is 213 g/mol. The fourth-order valence-corrected chi connectivity index (χ4v) is 1.90. The minimum atomic E-state index is 0.849. The van der Waals surface area contributed by atoms with E-state index < -0.39 is 0 Å². The molecule has 11 heavy (non-hydrogen) atoms. The molecule has 1 aliphatic rings. The first-order valence-electron chi connectivity index (χ1n) is 3.79. The molecular weight excluding hydrogens is 204 g/mol. The fourth-order valence-electron chi connectivity index (χ4n) is 1.48. The number of hydrogen-bond donors (Lipinski definition) is 0. The van der Waals surface area contributed by atoms with Crippen LogP contribution in [0.3, 0.4) is 0 Å². The summed E-state index contributed by atoms with van der Waals surface area (Å²) in [5, 5.41) is 0. The highest BCUT2D eigenvalue weighted by Gasteiger charge is 2.16. The molecule has 1 aromatic heterocycles. The molecule has 0 radical (unpaired) electrons. The molecular formula is C9H9BrO. The Labute approximate surface area is 74.2 Å². The zero-order chi connectivity index (χ0) is 7.84. The Balaban J connectivity index is 2.47. The van der Waals surface area contributed by atoms with E-state index in [2.05, 4.69) is 35.0 Å². The second kappa shape index (κ2) is 2.52. The molecule has 0 N–H and O–H groups in total. The highest BCUT2D eigenvalue weighted by atomic mass is 79.9. The van der Waals surface area contributed by atoms with Crippen LogP contribution in [0.4, 0.5) is 0 Å². The molecule has 0 amide bonds. The fraction of sp³-hybridized carbons (Fsp3) is 0.333. The summed E-state index contributed by atoms with van der Waals surface area (Å²) in [5.74, 6) is 1.11. The molecule has 0 atom stereocenters. The van der Waals surface area contributed by atoms with E-state index in [9.17, 15) is 0 Å². The Kier molecular flexibility index (Phi) is 1.64. The van der Waals surface area contributed by atoms with Gasteiger partial charge in [-0.1, -0.05) is 13.0 Å². The van der Waals surface area contributed by atoms with E-state index in [1.54, 1.807) is 0 Å². The number of rotatable bonds is 1. The standard InChI is InChI=1S/C9H9BrO/c1-2-6-3-4-8-7(6)5-9(10)11-8/h3,5H,2,4H2,1H3. The molecule has 1 nitrogen and oxygen atoms in total. The van der Waals surface area contributed by atoms with Gasteiger partial charge < -0.3 is 4.42 Å².